The molecule has 0 atom stereocenters. The molecule has 0 aliphatic carbocycles. The molecule has 0 aliphatic rings. The van der Waals surface area contributed by atoms with Gasteiger partial charge in [0, 0.05) is 18.2 Å². The molecule has 0 bridgehead atoms. The molecular formula is C17H12BrN. The number of rotatable bonds is 0. The first-order chi connectivity index (χ1) is 8.92. The van der Waals surface area contributed by atoms with E-state index in [0.29, 0.717) is 0 Å². The average Bonchev–Trinajstić information content (AvgIpc) is 2.45. The van der Waals surface area contributed by atoms with Crippen LogP contribution in [0.3, 0.4) is 0 Å². The van der Waals surface area contributed by atoms with Gasteiger partial charge in [-0.25, -0.2) is 0 Å². The Labute approximate surface area is 121 Å². The molecule has 1 nitrogen and oxygen atoms in total. The van der Waals surface area contributed by atoms with E-state index in [-0.39, 0.29) is 17.0 Å². The fraction of sp³-hybridized carbons (Fsp3) is 0. The predicted octanol–water partition coefficient (Wildman–Crippen LogP) is 0.736. The molecule has 92 valence electrons. The van der Waals surface area contributed by atoms with Gasteiger partial charge in [0.1, 0.15) is 0 Å². The van der Waals surface area contributed by atoms with Crippen molar-refractivity contribution in [3.05, 3.63) is 73.1 Å². The standard InChI is InChI=1S/C17H12N.BrH/c1-2-7-16-13(5-1)8-9-14-11-15-6-3-4-10-18(15)12-17(14)16;/h1-12H;1H/q+1;/p-1. The van der Waals surface area contributed by atoms with Gasteiger partial charge in [0.05, 0.1) is 5.39 Å². The first-order valence-corrected chi connectivity index (χ1v) is 6.13. The van der Waals surface area contributed by atoms with Crippen LogP contribution in [0, 0.1) is 0 Å². The number of pyridine rings is 2. The fourth-order valence-electron chi connectivity index (χ4n) is 2.59. The van der Waals surface area contributed by atoms with Crippen molar-refractivity contribution in [3.63, 3.8) is 0 Å². The normalized spacial score (nSPS) is 10.7. The SMILES string of the molecule is [Br-].c1ccc2c(c1)ccc1cc3cccc[n+]3cc12. The number of hydrogen-bond acceptors (Lipinski definition) is 0. The van der Waals surface area contributed by atoms with Crippen molar-refractivity contribution < 1.29 is 21.4 Å². The number of benzene rings is 2. The van der Waals surface area contributed by atoms with E-state index in [2.05, 4.69) is 77.5 Å². The number of fused-ring (bicyclic) bond motifs is 4. The molecule has 2 heteroatoms. The van der Waals surface area contributed by atoms with E-state index in [1.807, 2.05) is 0 Å². The quantitative estimate of drug-likeness (QED) is 0.256. The van der Waals surface area contributed by atoms with Crippen molar-refractivity contribution in [1.82, 2.24) is 0 Å². The average molecular weight is 310 g/mol. The Morgan fingerprint density at radius 1 is 0.684 bits per heavy atom. The second kappa shape index (κ2) is 4.63. The van der Waals surface area contributed by atoms with Crippen molar-refractivity contribution in [2.75, 3.05) is 0 Å². The van der Waals surface area contributed by atoms with E-state index in [1.165, 1.54) is 27.1 Å². The molecule has 0 saturated heterocycles. The lowest BCUT2D eigenvalue weighted by atomic mass is 10.0. The lowest BCUT2D eigenvalue weighted by Crippen LogP contribution is -3.00. The third kappa shape index (κ3) is 1.89. The molecule has 0 saturated carbocycles. The van der Waals surface area contributed by atoms with Crippen LogP contribution in [0.2, 0.25) is 0 Å². The summed E-state index contributed by atoms with van der Waals surface area (Å²) in [6, 6.07) is 21.4. The zero-order valence-electron chi connectivity index (χ0n) is 10.3. The highest BCUT2D eigenvalue weighted by Gasteiger charge is 2.06. The van der Waals surface area contributed by atoms with Crippen molar-refractivity contribution in [2.45, 2.75) is 0 Å². The van der Waals surface area contributed by atoms with Gasteiger partial charge >= 0.3 is 0 Å². The van der Waals surface area contributed by atoms with Gasteiger partial charge in [0.25, 0.3) is 0 Å². The number of aromatic nitrogens is 1. The van der Waals surface area contributed by atoms with Crippen LogP contribution in [0.5, 0.6) is 0 Å². The maximum absolute atomic E-state index is 2.24. The number of hydrogen-bond donors (Lipinski definition) is 0. The second-order valence-corrected chi connectivity index (χ2v) is 4.60. The monoisotopic (exact) mass is 309 g/mol. The summed E-state index contributed by atoms with van der Waals surface area (Å²) in [4.78, 5) is 0. The number of halogens is 1. The molecule has 4 rings (SSSR count). The summed E-state index contributed by atoms with van der Waals surface area (Å²) < 4.78 is 2.18. The highest BCUT2D eigenvalue weighted by molar-refractivity contribution is 6.07. The minimum absolute atomic E-state index is 0. The van der Waals surface area contributed by atoms with Crippen LogP contribution in [0.25, 0.3) is 27.1 Å². The molecule has 2 aromatic carbocycles. The Morgan fingerprint density at radius 2 is 1.47 bits per heavy atom. The van der Waals surface area contributed by atoms with E-state index in [4.69, 9.17) is 0 Å². The molecule has 0 aliphatic heterocycles. The van der Waals surface area contributed by atoms with Gasteiger partial charge in [0.15, 0.2) is 12.4 Å². The van der Waals surface area contributed by atoms with E-state index >= 15 is 0 Å². The maximum atomic E-state index is 2.24. The van der Waals surface area contributed by atoms with Crippen LogP contribution >= 0.6 is 0 Å². The predicted molar refractivity (Wildman–Crippen MR) is 74.6 cm³/mol. The van der Waals surface area contributed by atoms with E-state index in [1.54, 1.807) is 0 Å². The van der Waals surface area contributed by atoms with Crippen LogP contribution in [0.4, 0.5) is 0 Å². The topological polar surface area (TPSA) is 4.10 Å². The second-order valence-electron chi connectivity index (χ2n) is 4.60. The molecule has 2 aromatic heterocycles. The third-order valence-electron chi connectivity index (χ3n) is 3.50. The highest BCUT2D eigenvalue weighted by Crippen LogP contribution is 2.24. The first-order valence-electron chi connectivity index (χ1n) is 6.13. The molecular weight excluding hydrogens is 298 g/mol. The van der Waals surface area contributed by atoms with Gasteiger partial charge in [-0.3, -0.25) is 0 Å². The van der Waals surface area contributed by atoms with Crippen molar-refractivity contribution in [1.29, 1.82) is 0 Å². The van der Waals surface area contributed by atoms with Gasteiger partial charge in [0.2, 0.25) is 5.52 Å². The smallest absolute Gasteiger partial charge is 0.211 e. The molecule has 0 fully saturated rings. The molecule has 4 aromatic rings. The minimum atomic E-state index is 0. The van der Waals surface area contributed by atoms with Crippen LogP contribution in [-0.2, 0) is 0 Å². The lowest BCUT2D eigenvalue weighted by Gasteiger charge is -2.02. The molecule has 0 radical (unpaired) electrons. The first kappa shape index (κ1) is 12.1. The summed E-state index contributed by atoms with van der Waals surface area (Å²) in [6.45, 7) is 0. The Hall–Kier alpha value is -1.93. The largest absolute Gasteiger partial charge is 1.00 e. The molecule has 0 spiro atoms. The molecule has 2 heterocycles. The lowest BCUT2D eigenvalue weighted by molar-refractivity contribution is -0.510. The Kier molecular flexibility index (Phi) is 2.96. The van der Waals surface area contributed by atoms with Crippen molar-refractivity contribution in [2.24, 2.45) is 0 Å². The van der Waals surface area contributed by atoms with Crippen LogP contribution in [0.15, 0.2) is 73.1 Å². The summed E-state index contributed by atoms with van der Waals surface area (Å²) >= 11 is 0. The summed E-state index contributed by atoms with van der Waals surface area (Å²) in [6.07, 6.45) is 4.31. The van der Waals surface area contributed by atoms with Crippen molar-refractivity contribution >= 4 is 27.1 Å². The Balaban J connectivity index is 0.00000110. The maximum Gasteiger partial charge on any atom is 0.211 e. The zero-order chi connectivity index (χ0) is 11.9. The van der Waals surface area contributed by atoms with Gasteiger partial charge in [-0.2, -0.15) is 4.40 Å². The van der Waals surface area contributed by atoms with Crippen LogP contribution in [0.1, 0.15) is 0 Å². The van der Waals surface area contributed by atoms with Crippen molar-refractivity contribution in [3.8, 4) is 0 Å². The zero-order valence-corrected chi connectivity index (χ0v) is 11.8. The van der Waals surface area contributed by atoms with E-state index < -0.39 is 0 Å². The van der Waals surface area contributed by atoms with Crippen LogP contribution in [-0.4, -0.2) is 0 Å². The molecule has 0 amide bonds. The third-order valence-corrected chi connectivity index (χ3v) is 3.50. The van der Waals surface area contributed by atoms with Gasteiger partial charge in [-0.05, 0) is 22.2 Å². The highest BCUT2D eigenvalue weighted by atomic mass is 79.9. The molecule has 0 N–H and O–H groups in total. The summed E-state index contributed by atoms with van der Waals surface area (Å²) in [5.74, 6) is 0. The summed E-state index contributed by atoms with van der Waals surface area (Å²) in [5.41, 5.74) is 1.22. The van der Waals surface area contributed by atoms with Gasteiger partial charge in [-0.1, -0.05) is 36.4 Å². The minimum Gasteiger partial charge on any atom is -1.00 e. The van der Waals surface area contributed by atoms with Crippen LogP contribution < -0.4 is 21.4 Å². The molecule has 19 heavy (non-hydrogen) atoms. The number of nitrogens with zero attached hydrogens (tertiary/aromatic N) is 1. The summed E-state index contributed by atoms with van der Waals surface area (Å²) in [5, 5.41) is 5.20. The van der Waals surface area contributed by atoms with E-state index in [0.717, 1.165) is 0 Å². The van der Waals surface area contributed by atoms with Gasteiger partial charge < -0.3 is 17.0 Å². The molecule has 0 unspecified atom stereocenters. The van der Waals surface area contributed by atoms with Gasteiger partial charge in [-0.15, -0.1) is 0 Å². The summed E-state index contributed by atoms with van der Waals surface area (Å²) in [7, 11) is 0. The van der Waals surface area contributed by atoms with E-state index in [9.17, 15) is 0 Å². The fourth-order valence-corrected chi connectivity index (χ4v) is 2.59. The Bertz CT molecular complexity index is 877. The Morgan fingerprint density at radius 3 is 2.42 bits per heavy atom.